The second-order valence-corrected chi connectivity index (χ2v) is 3.77. The molecular formula is C9H15N3O2. The summed E-state index contributed by atoms with van der Waals surface area (Å²) in [4.78, 5) is 6.51. The minimum Gasteiger partial charge on any atom is -0.396 e. The predicted molar refractivity (Wildman–Crippen MR) is 49.9 cm³/mol. The molecule has 5 nitrogen and oxygen atoms in total. The minimum atomic E-state index is 0.0617. The molecule has 1 aliphatic heterocycles. The van der Waals surface area contributed by atoms with Gasteiger partial charge in [0.1, 0.15) is 0 Å². The van der Waals surface area contributed by atoms with E-state index >= 15 is 0 Å². The first-order valence-corrected chi connectivity index (χ1v) is 4.91. The summed E-state index contributed by atoms with van der Waals surface area (Å²) < 4.78 is 5.01. The van der Waals surface area contributed by atoms with Crippen molar-refractivity contribution in [3.63, 3.8) is 0 Å². The summed E-state index contributed by atoms with van der Waals surface area (Å²) in [6, 6.07) is 0. The maximum absolute atomic E-state index is 8.70. The molecule has 1 aromatic rings. The van der Waals surface area contributed by atoms with E-state index in [9.17, 15) is 0 Å². The Balaban J connectivity index is 2.02. The van der Waals surface area contributed by atoms with Crippen LogP contribution in [0.4, 0.5) is 0 Å². The van der Waals surface area contributed by atoms with Crippen molar-refractivity contribution in [2.75, 3.05) is 26.7 Å². The zero-order chi connectivity index (χ0) is 9.97. The topological polar surface area (TPSA) is 62.4 Å². The maximum Gasteiger partial charge on any atom is 0.228 e. The summed E-state index contributed by atoms with van der Waals surface area (Å²) in [7, 11) is 2.09. The van der Waals surface area contributed by atoms with Crippen LogP contribution < -0.4 is 0 Å². The lowest BCUT2D eigenvalue weighted by Crippen LogP contribution is -2.13. The average Bonchev–Trinajstić information content (AvgIpc) is 2.74. The predicted octanol–water partition coefficient (Wildman–Crippen LogP) is 0.0235. The second-order valence-electron chi connectivity index (χ2n) is 3.77. The van der Waals surface area contributed by atoms with Gasteiger partial charge in [-0.2, -0.15) is 4.98 Å². The molecule has 14 heavy (non-hydrogen) atoms. The van der Waals surface area contributed by atoms with Crippen LogP contribution in [0.25, 0.3) is 0 Å². The van der Waals surface area contributed by atoms with Crippen molar-refractivity contribution in [3.8, 4) is 0 Å². The van der Waals surface area contributed by atoms with Crippen LogP contribution in [0.1, 0.15) is 24.1 Å². The summed E-state index contributed by atoms with van der Waals surface area (Å²) in [5.41, 5.74) is 0. The van der Waals surface area contributed by atoms with Crippen LogP contribution in [0, 0.1) is 0 Å². The van der Waals surface area contributed by atoms with Gasteiger partial charge in [0.2, 0.25) is 5.89 Å². The van der Waals surface area contributed by atoms with Crippen LogP contribution in [0.15, 0.2) is 4.52 Å². The summed E-state index contributed by atoms with van der Waals surface area (Å²) in [6.45, 7) is 2.15. The van der Waals surface area contributed by atoms with Crippen molar-refractivity contribution in [2.45, 2.75) is 18.8 Å². The van der Waals surface area contributed by atoms with Crippen LogP contribution in [0.5, 0.6) is 0 Å². The standard InChI is InChI=1S/C9H15N3O2/c1-12-4-2-7(6-12)9-10-8(3-5-13)14-11-9/h7,13H,2-6H2,1H3. The SMILES string of the molecule is CN1CCC(c2noc(CCO)n2)C1. The highest BCUT2D eigenvalue weighted by atomic mass is 16.5. The summed E-state index contributed by atoms with van der Waals surface area (Å²) in [5, 5.41) is 12.6. The Morgan fingerprint density at radius 1 is 1.64 bits per heavy atom. The van der Waals surface area contributed by atoms with Gasteiger partial charge in [-0.25, -0.2) is 0 Å². The van der Waals surface area contributed by atoms with E-state index in [0.29, 0.717) is 18.2 Å². The molecular weight excluding hydrogens is 182 g/mol. The Morgan fingerprint density at radius 3 is 3.14 bits per heavy atom. The molecule has 1 unspecified atom stereocenters. The molecule has 5 heteroatoms. The Kier molecular flexibility index (Phi) is 2.79. The van der Waals surface area contributed by atoms with Gasteiger partial charge in [0.25, 0.3) is 0 Å². The lowest BCUT2D eigenvalue weighted by Gasteiger charge is -2.05. The first-order chi connectivity index (χ1) is 6.79. The van der Waals surface area contributed by atoms with E-state index in [2.05, 4.69) is 22.1 Å². The fourth-order valence-corrected chi connectivity index (χ4v) is 1.78. The molecule has 1 atom stereocenters. The van der Waals surface area contributed by atoms with Gasteiger partial charge >= 0.3 is 0 Å². The van der Waals surface area contributed by atoms with Gasteiger partial charge in [-0.15, -0.1) is 0 Å². The molecule has 0 radical (unpaired) electrons. The first-order valence-electron chi connectivity index (χ1n) is 4.91. The third-order valence-corrected chi connectivity index (χ3v) is 2.57. The highest BCUT2D eigenvalue weighted by molar-refractivity contribution is 4.99. The zero-order valence-corrected chi connectivity index (χ0v) is 8.31. The van der Waals surface area contributed by atoms with Crippen molar-refractivity contribution in [1.82, 2.24) is 15.0 Å². The average molecular weight is 197 g/mol. The Labute approximate surface area is 82.7 Å². The van der Waals surface area contributed by atoms with E-state index in [0.717, 1.165) is 25.3 Å². The number of likely N-dealkylation sites (N-methyl/N-ethyl adjacent to an activating group) is 1. The van der Waals surface area contributed by atoms with E-state index in [1.54, 1.807) is 0 Å². The molecule has 0 spiro atoms. The first kappa shape index (κ1) is 9.61. The van der Waals surface area contributed by atoms with Gasteiger partial charge in [-0.1, -0.05) is 5.16 Å². The third-order valence-electron chi connectivity index (χ3n) is 2.57. The van der Waals surface area contributed by atoms with Crippen LogP contribution in [-0.2, 0) is 6.42 Å². The number of rotatable bonds is 3. The van der Waals surface area contributed by atoms with Crippen molar-refractivity contribution in [3.05, 3.63) is 11.7 Å². The van der Waals surface area contributed by atoms with Gasteiger partial charge in [-0.05, 0) is 20.0 Å². The van der Waals surface area contributed by atoms with Crippen molar-refractivity contribution < 1.29 is 9.63 Å². The van der Waals surface area contributed by atoms with E-state index in [-0.39, 0.29) is 6.61 Å². The fraction of sp³-hybridized carbons (Fsp3) is 0.778. The van der Waals surface area contributed by atoms with E-state index < -0.39 is 0 Å². The van der Waals surface area contributed by atoms with Crippen molar-refractivity contribution in [1.29, 1.82) is 0 Å². The normalized spacial score (nSPS) is 23.1. The Hall–Kier alpha value is -0.940. The number of hydrogen-bond acceptors (Lipinski definition) is 5. The Bertz CT molecular complexity index is 300. The highest BCUT2D eigenvalue weighted by Crippen LogP contribution is 2.23. The van der Waals surface area contributed by atoms with Gasteiger partial charge in [-0.3, -0.25) is 0 Å². The number of aliphatic hydroxyl groups excluding tert-OH is 1. The second kappa shape index (κ2) is 4.06. The molecule has 1 aromatic heterocycles. The van der Waals surface area contributed by atoms with Crippen LogP contribution in [-0.4, -0.2) is 46.9 Å². The fourth-order valence-electron chi connectivity index (χ4n) is 1.78. The molecule has 0 bridgehead atoms. The molecule has 1 fully saturated rings. The smallest absolute Gasteiger partial charge is 0.228 e. The molecule has 2 rings (SSSR count). The maximum atomic E-state index is 8.70. The number of likely N-dealkylation sites (tertiary alicyclic amines) is 1. The molecule has 0 amide bonds. The van der Waals surface area contributed by atoms with Crippen LogP contribution in [0.2, 0.25) is 0 Å². The van der Waals surface area contributed by atoms with Gasteiger partial charge in [0, 0.05) is 12.5 Å². The number of nitrogens with zero attached hydrogens (tertiary/aromatic N) is 3. The van der Waals surface area contributed by atoms with E-state index in [4.69, 9.17) is 9.63 Å². The van der Waals surface area contributed by atoms with E-state index in [1.165, 1.54) is 0 Å². The van der Waals surface area contributed by atoms with Gasteiger partial charge in [0.05, 0.1) is 13.0 Å². The third kappa shape index (κ3) is 1.93. The monoisotopic (exact) mass is 197 g/mol. The van der Waals surface area contributed by atoms with Gasteiger partial charge < -0.3 is 14.5 Å². The largest absolute Gasteiger partial charge is 0.396 e. The lowest BCUT2D eigenvalue weighted by atomic mass is 10.1. The molecule has 0 aliphatic carbocycles. The number of hydrogen-bond donors (Lipinski definition) is 1. The van der Waals surface area contributed by atoms with Crippen LogP contribution in [0.3, 0.4) is 0 Å². The minimum absolute atomic E-state index is 0.0617. The number of aliphatic hydroxyl groups is 1. The summed E-state index contributed by atoms with van der Waals surface area (Å²) in [5.74, 6) is 1.73. The highest BCUT2D eigenvalue weighted by Gasteiger charge is 2.25. The zero-order valence-electron chi connectivity index (χ0n) is 8.31. The summed E-state index contributed by atoms with van der Waals surface area (Å²) >= 11 is 0. The summed E-state index contributed by atoms with van der Waals surface area (Å²) in [6.07, 6.45) is 1.55. The molecule has 0 saturated carbocycles. The molecule has 2 heterocycles. The van der Waals surface area contributed by atoms with Crippen LogP contribution >= 0.6 is 0 Å². The van der Waals surface area contributed by atoms with E-state index in [1.807, 2.05) is 0 Å². The lowest BCUT2D eigenvalue weighted by molar-refractivity contribution is 0.273. The molecule has 1 N–H and O–H groups in total. The quantitative estimate of drug-likeness (QED) is 0.740. The Morgan fingerprint density at radius 2 is 2.50 bits per heavy atom. The van der Waals surface area contributed by atoms with Gasteiger partial charge in [0.15, 0.2) is 5.82 Å². The molecule has 1 saturated heterocycles. The molecule has 0 aromatic carbocycles. The van der Waals surface area contributed by atoms with Crippen molar-refractivity contribution >= 4 is 0 Å². The molecule has 78 valence electrons. The molecule has 1 aliphatic rings. The number of aromatic nitrogens is 2. The van der Waals surface area contributed by atoms with Crippen molar-refractivity contribution in [2.24, 2.45) is 0 Å².